The van der Waals surface area contributed by atoms with Gasteiger partial charge in [0.1, 0.15) is 17.1 Å². The lowest BCUT2D eigenvalue weighted by Gasteiger charge is -2.26. The molecule has 146 valence electrons. The second-order valence-electron chi connectivity index (χ2n) is 6.99. The van der Waals surface area contributed by atoms with Gasteiger partial charge in [-0.05, 0) is 50.2 Å². The van der Waals surface area contributed by atoms with Crippen molar-refractivity contribution in [2.24, 2.45) is 0 Å². The Balaban J connectivity index is 1.57. The first-order valence-electron chi connectivity index (χ1n) is 9.71. The van der Waals surface area contributed by atoms with Gasteiger partial charge in [-0.15, -0.1) is 0 Å². The molecule has 1 fully saturated rings. The Hall–Kier alpha value is -2.93. The van der Waals surface area contributed by atoms with Gasteiger partial charge in [0, 0.05) is 25.5 Å². The average Bonchev–Trinajstić information content (AvgIpc) is 3.38. The van der Waals surface area contributed by atoms with Gasteiger partial charge >= 0.3 is 0 Å². The highest BCUT2D eigenvalue weighted by Gasteiger charge is 2.21. The molecule has 0 saturated carbocycles. The molecule has 1 amide bonds. The fourth-order valence-corrected chi connectivity index (χ4v) is 3.63. The lowest BCUT2D eigenvalue weighted by Crippen LogP contribution is -2.37. The zero-order chi connectivity index (χ0) is 19.3. The van der Waals surface area contributed by atoms with Crippen molar-refractivity contribution in [3.05, 3.63) is 66.4 Å². The van der Waals surface area contributed by atoms with Gasteiger partial charge in [0.05, 0.1) is 6.20 Å². The summed E-state index contributed by atoms with van der Waals surface area (Å²) in [5.74, 6) is -0.0788. The number of amides is 1. The van der Waals surface area contributed by atoms with E-state index < -0.39 is 5.82 Å². The number of piperidine rings is 1. The second-order valence-corrected chi connectivity index (χ2v) is 6.99. The maximum absolute atomic E-state index is 14.3. The minimum absolute atomic E-state index is 0.205. The summed E-state index contributed by atoms with van der Waals surface area (Å²) in [6.07, 6.45) is 8.87. The number of benzene rings is 1. The van der Waals surface area contributed by atoms with Crippen molar-refractivity contribution in [1.82, 2.24) is 24.6 Å². The average molecular weight is 381 g/mol. The van der Waals surface area contributed by atoms with Crippen molar-refractivity contribution in [2.75, 3.05) is 26.2 Å². The summed E-state index contributed by atoms with van der Waals surface area (Å²) < 4.78 is 17.6. The van der Waals surface area contributed by atoms with Crippen molar-refractivity contribution in [3.8, 4) is 11.5 Å². The van der Waals surface area contributed by atoms with Crippen LogP contribution < -0.4 is 5.32 Å². The molecule has 1 aliphatic rings. The van der Waals surface area contributed by atoms with E-state index in [0.717, 1.165) is 19.6 Å². The molecule has 6 nitrogen and oxygen atoms in total. The van der Waals surface area contributed by atoms with E-state index in [0.29, 0.717) is 23.6 Å². The molecule has 3 heterocycles. The van der Waals surface area contributed by atoms with Gasteiger partial charge < -0.3 is 14.8 Å². The molecule has 0 unspecified atom stereocenters. The molecule has 1 N–H and O–H groups in total. The minimum atomic E-state index is -0.393. The van der Waals surface area contributed by atoms with Crippen LogP contribution in [0.15, 0.2) is 55.0 Å². The van der Waals surface area contributed by atoms with Gasteiger partial charge in [0.15, 0.2) is 5.82 Å². The minimum Gasteiger partial charge on any atom is -0.351 e. The molecule has 0 radical (unpaired) electrons. The molecule has 28 heavy (non-hydrogen) atoms. The highest BCUT2D eigenvalue weighted by atomic mass is 19.1. The predicted octanol–water partition coefficient (Wildman–Crippen LogP) is 3.02. The molecular weight excluding hydrogens is 357 g/mol. The number of carbonyl (C=O) groups excluding carboxylic acids is 1. The Labute approximate surface area is 163 Å². The van der Waals surface area contributed by atoms with Gasteiger partial charge in [0.25, 0.3) is 5.91 Å². The third kappa shape index (κ3) is 3.84. The number of nitrogens with one attached hydrogen (secondary N) is 1. The molecule has 0 bridgehead atoms. The SMILES string of the molecule is O=C(NCCN1CCCCC1)c1cnn(-c2ccccc2F)c1-n1cccc1. The maximum Gasteiger partial charge on any atom is 0.256 e. The number of halogens is 1. The fourth-order valence-electron chi connectivity index (χ4n) is 3.63. The predicted molar refractivity (Wildman–Crippen MR) is 105 cm³/mol. The standard InChI is InChI=1S/C21H24FN5O/c22-18-8-2-3-9-19(18)27-21(26-13-6-7-14-26)17(16-24-27)20(28)23-10-15-25-11-4-1-5-12-25/h2-3,6-9,13-14,16H,1,4-5,10-12,15H2,(H,23,28). The van der Waals surface area contributed by atoms with Crippen LogP contribution >= 0.6 is 0 Å². The Kier molecular flexibility index (Phi) is 5.53. The lowest BCUT2D eigenvalue weighted by atomic mass is 10.1. The van der Waals surface area contributed by atoms with Crippen LogP contribution in [0, 0.1) is 5.82 Å². The highest BCUT2D eigenvalue weighted by molar-refractivity contribution is 5.97. The third-order valence-corrected chi connectivity index (χ3v) is 5.08. The first-order chi connectivity index (χ1) is 13.7. The molecule has 0 atom stereocenters. The van der Waals surface area contributed by atoms with Gasteiger partial charge in [0.2, 0.25) is 0 Å². The van der Waals surface area contributed by atoms with E-state index in [2.05, 4.69) is 15.3 Å². The number of carbonyl (C=O) groups is 1. The van der Waals surface area contributed by atoms with Crippen LogP contribution in [0.25, 0.3) is 11.5 Å². The molecule has 4 rings (SSSR count). The van der Waals surface area contributed by atoms with Crippen LogP contribution in [0.5, 0.6) is 0 Å². The van der Waals surface area contributed by atoms with E-state index in [1.165, 1.54) is 36.2 Å². The number of hydrogen-bond donors (Lipinski definition) is 1. The topological polar surface area (TPSA) is 55.1 Å². The van der Waals surface area contributed by atoms with Gasteiger partial charge in [-0.1, -0.05) is 18.6 Å². The summed E-state index contributed by atoms with van der Waals surface area (Å²) in [6, 6.07) is 10.1. The Morgan fingerprint density at radius 1 is 1.07 bits per heavy atom. The Morgan fingerprint density at radius 2 is 1.82 bits per heavy atom. The number of para-hydroxylation sites is 1. The molecule has 1 aliphatic heterocycles. The van der Waals surface area contributed by atoms with E-state index in [4.69, 9.17) is 0 Å². The van der Waals surface area contributed by atoms with Crippen LogP contribution in [0.4, 0.5) is 4.39 Å². The van der Waals surface area contributed by atoms with Crippen molar-refractivity contribution in [2.45, 2.75) is 19.3 Å². The third-order valence-electron chi connectivity index (χ3n) is 5.08. The van der Waals surface area contributed by atoms with Crippen molar-refractivity contribution >= 4 is 5.91 Å². The van der Waals surface area contributed by atoms with E-state index in [-0.39, 0.29) is 5.91 Å². The first kappa shape index (κ1) is 18.4. The zero-order valence-corrected chi connectivity index (χ0v) is 15.7. The maximum atomic E-state index is 14.3. The molecule has 1 saturated heterocycles. The summed E-state index contributed by atoms with van der Waals surface area (Å²) in [6.45, 7) is 3.60. The molecule has 0 spiro atoms. The van der Waals surface area contributed by atoms with Crippen LogP contribution in [0.2, 0.25) is 0 Å². The van der Waals surface area contributed by atoms with Gasteiger partial charge in [-0.2, -0.15) is 5.10 Å². The van der Waals surface area contributed by atoms with Crippen LogP contribution in [0.3, 0.4) is 0 Å². The molecule has 3 aromatic rings. The van der Waals surface area contributed by atoms with Gasteiger partial charge in [-0.3, -0.25) is 4.79 Å². The van der Waals surface area contributed by atoms with Crippen molar-refractivity contribution in [3.63, 3.8) is 0 Å². The van der Waals surface area contributed by atoms with E-state index in [1.807, 2.05) is 24.5 Å². The zero-order valence-electron chi connectivity index (χ0n) is 15.7. The summed E-state index contributed by atoms with van der Waals surface area (Å²) >= 11 is 0. The summed E-state index contributed by atoms with van der Waals surface area (Å²) in [5.41, 5.74) is 0.719. The molecule has 1 aromatic carbocycles. The Morgan fingerprint density at radius 3 is 2.57 bits per heavy atom. The number of likely N-dealkylation sites (tertiary alicyclic amines) is 1. The molecule has 2 aromatic heterocycles. The molecule has 7 heteroatoms. The number of nitrogens with zero attached hydrogens (tertiary/aromatic N) is 4. The summed E-state index contributed by atoms with van der Waals surface area (Å²) in [5, 5.41) is 7.29. The largest absolute Gasteiger partial charge is 0.351 e. The van der Waals surface area contributed by atoms with Crippen LogP contribution in [0.1, 0.15) is 29.6 Å². The van der Waals surface area contributed by atoms with Crippen LogP contribution in [-0.2, 0) is 0 Å². The molecule has 0 aliphatic carbocycles. The first-order valence-corrected chi connectivity index (χ1v) is 9.71. The van der Waals surface area contributed by atoms with Crippen molar-refractivity contribution < 1.29 is 9.18 Å². The normalized spacial score (nSPS) is 14.9. The molecular formula is C21H24FN5O. The quantitative estimate of drug-likeness (QED) is 0.714. The fraction of sp³-hybridized carbons (Fsp3) is 0.333. The van der Waals surface area contributed by atoms with Crippen molar-refractivity contribution in [1.29, 1.82) is 0 Å². The highest BCUT2D eigenvalue weighted by Crippen LogP contribution is 2.21. The van der Waals surface area contributed by atoms with Gasteiger partial charge in [-0.25, -0.2) is 9.07 Å². The van der Waals surface area contributed by atoms with E-state index >= 15 is 0 Å². The number of hydrogen-bond acceptors (Lipinski definition) is 3. The summed E-state index contributed by atoms with van der Waals surface area (Å²) in [7, 11) is 0. The number of aromatic nitrogens is 3. The summed E-state index contributed by atoms with van der Waals surface area (Å²) in [4.78, 5) is 15.2. The van der Waals surface area contributed by atoms with Crippen LogP contribution in [-0.4, -0.2) is 51.3 Å². The monoisotopic (exact) mass is 381 g/mol. The van der Waals surface area contributed by atoms with E-state index in [9.17, 15) is 9.18 Å². The second kappa shape index (κ2) is 8.39. The Bertz CT molecular complexity index is 928. The smallest absolute Gasteiger partial charge is 0.256 e. The van der Waals surface area contributed by atoms with E-state index in [1.54, 1.807) is 22.8 Å². The lowest BCUT2D eigenvalue weighted by molar-refractivity contribution is 0.0946. The number of rotatable bonds is 6.